The van der Waals surface area contributed by atoms with E-state index in [1.165, 1.54) is 0 Å². The third-order valence-corrected chi connectivity index (χ3v) is 3.39. The molecule has 6 heteroatoms. The fraction of sp³-hybridized carbons (Fsp3) is 0.200. The Morgan fingerprint density at radius 3 is 2.67 bits per heavy atom. The molecule has 2 aromatic heterocycles. The van der Waals surface area contributed by atoms with Gasteiger partial charge in [-0.25, -0.2) is 9.97 Å². The second-order valence-electron chi connectivity index (χ2n) is 4.69. The number of aryl methyl sites for hydroxylation is 1. The van der Waals surface area contributed by atoms with E-state index < -0.39 is 0 Å². The minimum atomic E-state index is 0.231. The lowest BCUT2D eigenvalue weighted by atomic mass is 10.0. The number of aromatic nitrogens is 3. The quantitative estimate of drug-likeness (QED) is 0.772. The molecule has 0 bridgehead atoms. The molecular weight excluding hydrogens is 268 g/mol. The van der Waals surface area contributed by atoms with E-state index in [1.807, 2.05) is 31.3 Å². The first-order chi connectivity index (χ1) is 10.1. The van der Waals surface area contributed by atoms with Crippen LogP contribution in [0.3, 0.4) is 0 Å². The summed E-state index contributed by atoms with van der Waals surface area (Å²) in [6.07, 6.45) is 1.81. The minimum absolute atomic E-state index is 0.231. The van der Waals surface area contributed by atoms with Gasteiger partial charge in [0.1, 0.15) is 17.2 Å². The number of aromatic amines is 1. The van der Waals surface area contributed by atoms with Crippen LogP contribution >= 0.6 is 0 Å². The maximum atomic E-state index is 5.82. The zero-order valence-electron chi connectivity index (χ0n) is 12.1. The van der Waals surface area contributed by atoms with Gasteiger partial charge in [0.2, 0.25) is 5.95 Å². The molecule has 0 aliphatic carbocycles. The maximum Gasteiger partial charge on any atom is 0.221 e. The van der Waals surface area contributed by atoms with Gasteiger partial charge in [0.15, 0.2) is 0 Å². The van der Waals surface area contributed by atoms with Crippen LogP contribution in [-0.2, 0) is 0 Å². The molecule has 0 radical (unpaired) electrons. The summed E-state index contributed by atoms with van der Waals surface area (Å²) < 4.78 is 10.8. The van der Waals surface area contributed by atoms with Gasteiger partial charge >= 0.3 is 0 Å². The van der Waals surface area contributed by atoms with Gasteiger partial charge in [-0.2, -0.15) is 0 Å². The molecule has 108 valence electrons. The molecule has 21 heavy (non-hydrogen) atoms. The monoisotopic (exact) mass is 284 g/mol. The Kier molecular flexibility index (Phi) is 3.13. The third kappa shape index (κ3) is 2.14. The fourth-order valence-corrected chi connectivity index (χ4v) is 2.45. The molecular formula is C15H16N4O2. The number of hydrogen-bond donors (Lipinski definition) is 2. The van der Waals surface area contributed by atoms with Crippen LogP contribution in [0, 0.1) is 6.92 Å². The van der Waals surface area contributed by atoms with E-state index >= 15 is 0 Å². The predicted molar refractivity (Wildman–Crippen MR) is 81.6 cm³/mol. The molecule has 3 N–H and O–H groups in total. The number of hydrogen-bond acceptors (Lipinski definition) is 5. The van der Waals surface area contributed by atoms with Gasteiger partial charge in [-0.05, 0) is 24.6 Å². The number of nitrogens with zero attached hydrogens (tertiary/aromatic N) is 2. The van der Waals surface area contributed by atoms with Crippen LogP contribution in [0.25, 0.3) is 22.3 Å². The number of nitrogen functional groups attached to an aromatic ring is 1. The van der Waals surface area contributed by atoms with E-state index in [-0.39, 0.29) is 5.95 Å². The molecule has 1 aromatic carbocycles. The van der Waals surface area contributed by atoms with Crippen molar-refractivity contribution in [3.8, 4) is 22.8 Å². The van der Waals surface area contributed by atoms with E-state index in [2.05, 4.69) is 15.0 Å². The van der Waals surface area contributed by atoms with E-state index in [0.717, 1.165) is 33.6 Å². The van der Waals surface area contributed by atoms with Gasteiger partial charge < -0.3 is 20.2 Å². The first-order valence-corrected chi connectivity index (χ1v) is 6.47. The number of H-pyrrole nitrogens is 1. The molecule has 0 amide bonds. The van der Waals surface area contributed by atoms with Crippen molar-refractivity contribution >= 4 is 17.0 Å². The van der Waals surface area contributed by atoms with E-state index in [1.54, 1.807) is 14.2 Å². The SMILES string of the molecule is COc1cc(C)c(-c2nc(N)nc3cc[nH]c23)c(OC)c1. The smallest absolute Gasteiger partial charge is 0.221 e. The second kappa shape index (κ2) is 4.97. The molecule has 6 nitrogen and oxygen atoms in total. The standard InChI is InChI=1S/C15H16N4O2/c1-8-6-9(20-2)7-11(21-3)12(8)14-13-10(4-5-17-13)18-15(16)19-14/h4-7,17H,1-3H3,(H2,16,18,19). The van der Waals surface area contributed by atoms with Gasteiger partial charge in [-0.15, -0.1) is 0 Å². The summed E-state index contributed by atoms with van der Waals surface area (Å²) in [4.78, 5) is 11.7. The highest BCUT2D eigenvalue weighted by molar-refractivity contribution is 5.93. The Balaban J connectivity index is 2.34. The number of nitrogens with one attached hydrogen (secondary N) is 1. The number of benzene rings is 1. The minimum Gasteiger partial charge on any atom is -0.497 e. The van der Waals surface area contributed by atoms with E-state index in [9.17, 15) is 0 Å². The summed E-state index contributed by atoms with van der Waals surface area (Å²) in [6, 6.07) is 5.63. The van der Waals surface area contributed by atoms with Gasteiger partial charge in [0, 0.05) is 17.8 Å². The Morgan fingerprint density at radius 1 is 1.14 bits per heavy atom. The number of nitrogens with two attached hydrogens (primary N) is 1. The number of fused-ring (bicyclic) bond motifs is 1. The molecule has 0 fully saturated rings. The van der Waals surface area contributed by atoms with Gasteiger partial charge in [0.05, 0.1) is 25.3 Å². The highest BCUT2D eigenvalue weighted by Gasteiger charge is 2.17. The van der Waals surface area contributed by atoms with Crippen molar-refractivity contribution in [2.75, 3.05) is 20.0 Å². The molecule has 0 saturated heterocycles. The Bertz CT molecular complexity index is 811. The Morgan fingerprint density at radius 2 is 1.95 bits per heavy atom. The van der Waals surface area contributed by atoms with Crippen LogP contribution in [0.1, 0.15) is 5.56 Å². The van der Waals surface area contributed by atoms with Crippen molar-refractivity contribution in [1.29, 1.82) is 0 Å². The number of methoxy groups -OCH3 is 2. The van der Waals surface area contributed by atoms with Gasteiger partial charge in [0.25, 0.3) is 0 Å². The lowest BCUT2D eigenvalue weighted by molar-refractivity contribution is 0.395. The van der Waals surface area contributed by atoms with Crippen LogP contribution in [0.4, 0.5) is 5.95 Å². The summed E-state index contributed by atoms with van der Waals surface area (Å²) in [7, 11) is 3.24. The van der Waals surface area contributed by atoms with Crippen LogP contribution < -0.4 is 15.2 Å². The molecule has 0 aliphatic rings. The molecule has 3 rings (SSSR count). The van der Waals surface area contributed by atoms with Crippen molar-refractivity contribution in [1.82, 2.24) is 15.0 Å². The van der Waals surface area contributed by atoms with Crippen LogP contribution in [-0.4, -0.2) is 29.2 Å². The molecule has 3 aromatic rings. The summed E-state index contributed by atoms with van der Waals surface area (Å²) in [5, 5.41) is 0. The number of ether oxygens (including phenoxy) is 2. The van der Waals surface area contributed by atoms with Crippen molar-refractivity contribution < 1.29 is 9.47 Å². The average molecular weight is 284 g/mol. The van der Waals surface area contributed by atoms with Crippen LogP contribution in [0.5, 0.6) is 11.5 Å². The van der Waals surface area contributed by atoms with Crippen molar-refractivity contribution in [3.63, 3.8) is 0 Å². The number of rotatable bonds is 3. The lowest BCUT2D eigenvalue weighted by Gasteiger charge is -2.14. The summed E-state index contributed by atoms with van der Waals surface area (Å²) in [5.74, 6) is 1.65. The maximum absolute atomic E-state index is 5.82. The van der Waals surface area contributed by atoms with E-state index in [4.69, 9.17) is 15.2 Å². The van der Waals surface area contributed by atoms with Crippen LogP contribution in [0.15, 0.2) is 24.4 Å². The van der Waals surface area contributed by atoms with Crippen LogP contribution in [0.2, 0.25) is 0 Å². The average Bonchev–Trinajstić information content (AvgIpc) is 2.93. The summed E-state index contributed by atoms with van der Waals surface area (Å²) >= 11 is 0. The molecule has 0 atom stereocenters. The van der Waals surface area contributed by atoms with Gasteiger partial charge in [-0.3, -0.25) is 0 Å². The fourth-order valence-electron chi connectivity index (χ4n) is 2.45. The largest absolute Gasteiger partial charge is 0.497 e. The third-order valence-electron chi connectivity index (χ3n) is 3.39. The number of anilines is 1. The predicted octanol–water partition coefficient (Wildman–Crippen LogP) is 2.53. The first kappa shape index (κ1) is 13.2. The zero-order valence-corrected chi connectivity index (χ0v) is 12.1. The normalized spacial score (nSPS) is 10.8. The topological polar surface area (TPSA) is 86.0 Å². The Labute approximate surface area is 121 Å². The highest BCUT2D eigenvalue weighted by Crippen LogP contribution is 2.38. The molecule has 0 spiro atoms. The summed E-state index contributed by atoms with van der Waals surface area (Å²) in [5.41, 5.74) is 10.0. The van der Waals surface area contributed by atoms with E-state index in [0.29, 0.717) is 5.75 Å². The molecule has 2 heterocycles. The first-order valence-electron chi connectivity index (χ1n) is 6.47. The van der Waals surface area contributed by atoms with Crippen molar-refractivity contribution in [3.05, 3.63) is 30.0 Å². The van der Waals surface area contributed by atoms with Crippen molar-refractivity contribution in [2.45, 2.75) is 6.92 Å². The lowest BCUT2D eigenvalue weighted by Crippen LogP contribution is -2.00. The zero-order chi connectivity index (χ0) is 15.0. The Hall–Kier alpha value is -2.76. The molecule has 0 aliphatic heterocycles. The molecule has 0 saturated carbocycles. The summed E-state index contributed by atoms with van der Waals surface area (Å²) in [6.45, 7) is 1.98. The molecule has 0 unspecified atom stereocenters. The van der Waals surface area contributed by atoms with Crippen molar-refractivity contribution in [2.24, 2.45) is 0 Å². The second-order valence-corrected chi connectivity index (χ2v) is 4.69. The van der Waals surface area contributed by atoms with Gasteiger partial charge in [-0.1, -0.05) is 0 Å². The highest BCUT2D eigenvalue weighted by atomic mass is 16.5.